The van der Waals surface area contributed by atoms with Crippen molar-refractivity contribution in [1.82, 2.24) is 4.98 Å². The highest BCUT2D eigenvalue weighted by Gasteiger charge is 2.03. The van der Waals surface area contributed by atoms with Crippen molar-refractivity contribution in [3.05, 3.63) is 28.2 Å². The van der Waals surface area contributed by atoms with Crippen LogP contribution in [0.15, 0.2) is 12.7 Å². The summed E-state index contributed by atoms with van der Waals surface area (Å²) in [6.45, 7) is 11.9. The largest absolute Gasteiger partial charge is 0.241 e. The van der Waals surface area contributed by atoms with Gasteiger partial charge in [0.25, 0.3) is 0 Å². The van der Waals surface area contributed by atoms with E-state index in [1.54, 1.807) is 11.3 Å². The second-order valence-electron chi connectivity index (χ2n) is 2.41. The summed E-state index contributed by atoms with van der Waals surface area (Å²) in [5, 5.41) is 1.18. The second kappa shape index (κ2) is 7.51. The van der Waals surface area contributed by atoms with Crippen LogP contribution in [-0.4, -0.2) is 4.98 Å². The van der Waals surface area contributed by atoms with E-state index in [1.807, 2.05) is 39.0 Å². The van der Waals surface area contributed by atoms with E-state index in [0.717, 1.165) is 12.1 Å². The molecule has 0 saturated carbocycles. The fraction of sp³-hybridized carbons (Fsp3) is 0.417. The molecule has 0 aliphatic heterocycles. The third-order valence-corrected chi connectivity index (χ3v) is 2.75. The molecule has 0 atom stereocenters. The Bertz CT molecular complexity index is 297. The molecule has 0 fully saturated rings. The number of hydrogen-bond donors (Lipinski definition) is 0. The molecule has 2 heteroatoms. The van der Waals surface area contributed by atoms with Crippen molar-refractivity contribution in [3.8, 4) is 0 Å². The number of thiazole rings is 1. The molecule has 0 N–H and O–H groups in total. The molecule has 0 aromatic carbocycles. The maximum atomic E-state index is 4.45. The normalized spacial score (nSPS) is 9.71. The van der Waals surface area contributed by atoms with Crippen LogP contribution in [0.25, 0.3) is 12.2 Å². The van der Waals surface area contributed by atoms with Gasteiger partial charge >= 0.3 is 0 Å². The van der Waals surface area contributed by atoms with Crippen molar-refractivity contribution < 1.29 is 0 Å². The van der Waals surface area contributed by atoms with Crippen molar-refractivity contribution >= 4 is 23.5 Å². The summed E-state index contributed by atoms with van der Waals surface area (Å²) < 4.78 is 0. The van der Waals surface area contributed by atoms with Gasteiger partial charge in [0, 0.05) is 0 Å². The van der Waals surface area contributed by atoms with E-state index in [4.69, 9.17) is 0 Å². The van der Waals surface area contributed by atoms with Crippen molar-refractivity contribution in [2.75, 3.05) is 0 Å². The number of aromatic nitrogens is 1. The smallest absolute Gasteiger partial charge is 0.0935 e. The molecule has 78 valence electrons. The van der Waals surface area contributed by atoms with E-state index in [-0.39, 0.29) is 0 Å². The minimum Gasteiger partial charge on any atom is -0.241 e. The Morgan fingerprint density at radius 2 is 2.07 bits per heavy atom. The lowest BCUT2D eigenvalue weighted by molar-refractivity contribution is 1.09. The molecule has 0 saturated heterocycles. The molecular weight excluding hydrogens is 190 g/mol. The van der Waals surface area contributed by atoms with Gasteiger partial charge in [0.05, 0.1) is 15.6 Å². The van der Waals surface area contributed by atoms with E-state index >= 15 is 0 Å². The zero-order valence-electron chi connectivity index (χ0n) is 9.50. The average Bonchev–Trinajstić information content (AvgIpc) is 2.64. The lowest BCUT2D eigenvalue weighted by Gasteiger charge is -1.85. The average molecular weight is 209 g/mol. The standard InChI is InChI=1S/C10H13NS.C2H6/c1-4-7-8-9(5-2)12-10(6-3)11-8;1-2/h4-5,7H,2,6H2,1,3H3;1-2H3/b7-4-;. The molecule has 14 heavy (non-hydrogen) atoms. The van der Waals surface area contributed by atoms with Gasteiger partial charge in [-0.05, 0) is 25.5 Å². The zero-order valence-corrected chi connectivity index (χ0v) is 10.3. The van der Waals surface area contributed by atoms with Gasteiger partial charge in [-0.1, -0.05) is 33.4 Å². The third kappa shape index (κ3) is 3.46. The van der Waals surface area contributed by atoms with Crippen molar-refractivity contribution in [2.24, 2.45) is 0 Å². The predicted octanol–water partition coefficient (Wildman–Crippen LogP) is 4.41. The number of allylic oxidation sites excluding steroid dienone is 1. The zero-order chi connectivity index (χ0) is 11.0. The van der Waals surface area contributed by atoms with Gasteiger partial charge in [-0.2, -0.15) is 0 Å². The molecule has 1 aromatic heterocycles. The third-order valence-electron chi connectivity index (χ3n) is 1.54. The SMILES string of the molecule is C=Cc1sc(CC)nc1/C=C\C.CC. The van der Waals surface area contributed by atoms with E-state index in [0.29, 0.717) is 0 Å². The van der Waals surface area contributed by atoms with Crippen LogP contribution in [0.2, 0.25) is 0 Å². The lowest BCUT2D eigenvalue weighted by atomic mass is 10.3. The summed E-state index contributed by atoms with van der Waals surface area (Å²) >= 11 is 1.72. The van der Waals surface area contributed by atoms with Gasteiger partial charge in [-0.15, -0.1) is 11.3 Å². The Hall–Kier alpha value is -0.890. The summed E-state index contributed by atoms with van der Waals surface area (Å²) in [5.74, 6) is 0. The molecule has 0 bridgehead atoms. The number of aryl methyl sites for hydroxylation is 1. The number of hydrogen-bond acceptors (Lipinski definition) is 2. The predicted molar refractivity (Wildman–Crippen MR) is 67.6 cm³/mol. The Balaban J connectivity index is 0.000000791. The van der Waals surface area contributed by atoms with E-state index in [1.165, 1.54) is 9.88 Å². The van der Waals surface area contributed by atoms with Crippen molar-refractivity contribution in [3.63, 3.8) is 0 Å². The van der Waals surface area contributed by atoms with Crippen LogP contribution in [0, 0.1) is 0 Å². The van der Waals surface area contributed by atoms with Gasteiger partial charge in [0.15, 0.2) is 0 Å². The fourth-order valence-electron chi connectivity index (χ4n) is 0.966. The van der Waals surface area contributed by atoms with Crippen LogP contribution < -0.4 is 0 Å². The molecule has 0 aliphatic rings. The molecule has 0 spiro atoms. The van der Waals surface area contributed by atoms with Crippen LogP contribution in [0.5, 0.6) is 0 Å². The first-order chi connectivity index (χ1) is 6.81. The van der Waals surface area contributed by atoms with E-state index < -0.39 is 0 Å². The van der Waals surface area contributed by atoms with Gasteiger partial charge in [0.2, 0.25) is 0 Å². The molecule has 1 heterocycles. The van der Waals surface area contributed by atoms with Gasteiger partial charge in [-0.25, -0.2) is 4.98 Å². The first kappa shape index (κ1) is 13.1. The molecule has 0 aliphatic carbocycles. The quantitative estimate of drug-likeness (QED) is 0.718. The van der Waals surface area contributed by atoms with Crippen LogP contribution in [0.1, 0.15) is 43.3 Å². The molecule has 1 nitrogen and oxygen atoms in total. The van der Waals surface area contributed by atoms with Crippen LogP contribution in [0.3, 0.4) is 0 Å². The molecular formula is C12H19NS. The first-order valence-electron chi connectivity index (χ1n) is 5.06. The van der Waals surface area contributed by atoms with E-state index in [2.05, 4.69) is 18.5 Å². The Morgan fingerprint density at radius 3 is 2.50 bits per heavy atom. The summed E-state index contributed by atoms with van der Waals surface area (Å²) in [6, 6.07) is 0. The molecule has 0 unspecified atom stereocenters. The molecule has 1 rings (SSSR count). The molecule has 1 aromatic rings. The summed E-state index contributed by atoms with van der Waals surface area (Å²) in [6.07, 6.45) is 6.89. The van der Waals surface area contributed by atoms with Gasteiger partial charge < -0.3 is 0 Å². The number of nitrogens with zero attached hydrogens (tertiary/aromatic N) is 1. The molecule has 0 amide bonds. The van der Waals surface area contributed by atoms with Gasteiger partial charge in [-0.3, -0.25) is 0 Å². The van der Waals surface area contributed by atoms with Crippen LogP contribution >= 0.6 is 11.3 Å². The van der Waals surface area contributed by atoms with Gasteiger partial charge in [0.1, 0.15) is 0 Å². The highest BCUT2D eigenvalue weighted by atomic mass is 32.1. The van der Waals surface area contributed by atoms with Crippen LogP contribution in [0.4, 0.5) is 0 Å². The highest BCUT2D eigenvalue weighted by Crippen LogP contribution is 2.21. The first-order valence-corrected chi connectivity index (χ1v) is 5.88. The van der Waals surface area contributed by atoms with Crippen molar-refractivity contribution in [2.45, 2.75) is 34.1 Å². The Morgan fingerprint density at radius 1 is 1.43 bits per heavy atom. The second-order valence-corrected chi connectivity index (χ2v) is 3.53. The maximum Gasteiger partial charge on any atom is 0.0935 e. The van der Waals surface area contributed by atoms with Crippen LogP contribution in [-0.2, 0) is 6.42 Å². The maximum absolute atomic E-state index is 4.45. The topological polar surface area (TPSA) is 12.9 Å². The summed E-state index contributed by atoms with van der Waals surface area (Å²) in [5.41, 5.74) is 1.05. The molecule has 0 radical (unpaired) electrons. The summed E-state index contributed by atoms with van der Waals surface area (Å²) in [4.78, 5) is 5.62. The monoisotopic (exact) mass is 209 g/mol. The highest BCUT2D eigenvalue weighted by molar-refractivity contribution is 7.12. The Kier molecular flexibility index (Phi) is 7.03. The minimum absolute atomic E-state index is 1.00. The fourth-order valence-corrected chi connectivity index (χ4v) is 1.81. The number of rotatable bonds is 3. The summed E-state index contributed by atoms with van der Waals surface area (Å²) in [7, 11) is 0. The minimum atomic E-state index is 1.00. The van der Waals surface area contributed by atoms with E-state index in [9.17, 15) is 0 Å². The van der Waals surface area contributed by atoms with Crippen molar-refractivity contribution in [1.29, 1.82) is 0 Å². The Labute approximate surface area is 91.2 Å². The lowest BCUT2D eigenvalue weighted by Crippen LogP contribution is -1.77.